The largest absolute Gasteiger partial charge is 1.00 e. The summed E-state index contributed by atoms with van der Waals surface area (Å²) >= 11 is 4.61. The Labute approximate surface area is 121 Å². The Morgan fingerprint density at radius 3 is 2.31 bits per heavy atom. The minimum absolute atomic E-state index is 0. The summed E-state index contributed by atoms with van der Waals surface area (Å²) in [5.74, 6) is 0.0665. The van der Waals surface area contributed by atoms with Gasteiger partial charge in [0.15, 0.2) is 5.11 Å². The molecule has 0 aliphatic rings. The van der Waals surface area contributed by atoms with Crippen molar-refractivity contribution in [3.05, 3.63) is 24.3 Å². The van der Waals surface area contributed by atoms with Gasteiger partial charge in [-0.2, -0.15) is 0 Å². The van der Waals surface area contributed by atoms with Crippen molar-refractivity contribution in [2.75, 3.05) is 5.32 Å². The van der Waals surface area contributed by atoms with Crippen molar-refractivity contribution in [1.82, 2.24) is 0 Å². The Kier molecular flexibility index (Phi) is 6.50. The topological polar surface area (TPSA) is 105 Å². The molecule has 0 aromatic heterocycles. The molecule has 1 aromatic rings. The summed E-state index contributed by atoms with van der Waals surface area (Å²) in [7, 11) is -4.50. The zero-order valence-electron chi connectivity index (χ0n) is 9.45. The Hall–Kier alpha value is -0.140. The van der Waals surface area contributed by atoms with Gasteiger partial charge < -0.3 is 17.0 Å². The molecule has 0 amide bonds. The van der Waals surface area contributed by atoms with Gasteiger partial charge in [-0.1, -0.05) is 0 Å². The molecule has 16 heavy (non-hydrogen) atoms. The van der Waals surface area contributed by atoms with Gasteiger partial charge in [-0.15, -0.1) is 0 Å². The first-order valence-electron chi connectivity index (χ1n) is 3.78. The summed E-state index contributed by atoms with van der Waals surface area (Å²) in [5, 5.41) is 2.76. The molecule has 1 aromatic carbocycles. The number of anilines is 1. The van der Waals surface area contributed by atoms with Crippen LogP contribution < -0.4 is 45.1 Å². The van der Waals surface area contributed by atoms with Crippen molar-refractivity contribution in [2.24, 2.45) is 5.73 Å². The number of phosphoric ester groups is 1. The minimum atomic E-state index is -4.50. The summed E-state index contributed by atoms with van der Waals surface area (Å²) < 4.78 is 14.8. The van der Waals surface area contributed by atoms with E-state index in [4.69, 9.17) is 15.5 Å². The second-order valence-corrected chi connectivity index (χ2v) is 4.20. The maximum Gasteiger partial charge on any atom is 1.00 e. The van der Waals surface area contributed by atoms with Gasteiger partial charge in [0, 0.05) is 5.69 Å². The molecule has 0 heterocycles. The molecule has 0 bridgehead atoms. The number of nitrogens with one attached hydrogen (secondary N) is 1. The second-order valence-electron chi connectivity index (χ2n) is 2.60. The third kappa shape index (κ3) is 6.44. The van der Waals surface area contributed by atoms with Crippen LogP contribution in [0.15, 0.2) is 24.3 Å². The van der Waals surface area contributed by atoms with Gasteiger partial charge >= 0.3 is 37.4 Å². The molecule has 0 atom stereocenters. The molecule has 0 spiro atoms. The monoisotopic (exact) mass is 272 g/mol. The zero-order valence-corrected chi connectivity index (χ0v) is 12.2. The minimum Gasteiger partial charge on any atom is -1.00 e. The van der Waals surface area contributed by atoms with E-state index in [-0.39, 0.29) is 41.8 Å². The van der Waals surface area contributed by atoms with Crippen LogP contribution in [0.3, 0.4) is 0 Å². The van der Waals surface area contributed by atoms with Crippen LogP contribution >= 0.6 is 20.0 Å². The van der Waals surface area contributed by atoms with Crippen molar-refractivity contribution < 1.29 is 49.9 Å². The summed E-state index contributed by atoms with van der Waals surface area (Å²) in [4.78, 5) is 17.0. The molecule has 9 heteroatoms. The number of hydrogen-bond acceptors (Lipinski definition) is 3. The third-order valence-corrected chi connectivity index (χ3v) is 1.90. The number of phosphoric acid groups is 1. The standard InChI is InChI=1S/C7H9N2O4PS.Na.H/c8-7(15)9-5-1-3-6(4-2-5)13-14(10,11)12;;/h1-4H,(H3,8,9,15)(H2,10,11,12);;/q;+1;-1. The number of nitrogens with two attached hydrogens (primary N) is 1. The van der Waals surface area contributed by atoms with E-state index in [9.17, 15) is 4.57 Å². The summed E-state index contributed by atoms with van der Waals surface area (Å²) in [6.45, 7) is 0. The van der Waals surface area contributed by atoms with Gasteiger partial charge in [-0.25, -0.2) is 4.57 Å². The van der Waals surface area contributed by atoms with Crippen LogP contribution in [-0.4, -0.2) is 14.9 Å². The quantitative estimate of drug-likeness (QED) is 0.284. The van der Waals surface area contributed by atoms with E-state index in [1.807, 2.05) is 0 Å². The molecular formula is C7H10N2NaO4PS. The van der Waals surface area contributed by atoms with E-state index in [0.717, 1.165) is 0 Å². The fourth-order valence-electron chi connectivity index (χ4n) is 0.879. The maximum absolute atomic E-state index is 10.5. The van der Waals surface area contributed by atoms with E-state index >= 15 is 0 Å². The Morgan fingerprint density at radius 2 is 1.94 bits per heavy atom. The molecule has 0 aliphatic heterocycles. The van der Waals surface area contributed by atoms with Crippen LogP contribution in [-0.2, 0) is 4.57 Å². The Bertz CT molecular complexity index is 413. The predicted octanol–water partition coefficient (Wildman–Crippen LogP) is -2.07. The molecular weight excluding hydrogens is 262 g/mol. The number of thiocarbonyl (C=S) groups is 1. The molecule has 1 rings (SSSR count). The van der Waals surface area contributed by atoms with Gasteiger partial charge in [-0.3, -0.25) is 9.79 Å². The molecule has 0 fully saturated rings. The van der Waals surface area contributed by atoms with E-state index in [1.54, 1.807) is 0 Å². The van der Waals surface area contributed by atoms with E-state index in [0.29, 0.717) is 5.69 Å². The molecule has 84 valence electrons. The summed E-state index contributed by atoms with van der Waals surface area (Å²) in [5.41, 5.74) is 5.84. The van der Waals surface area contributed by atoms with Crippen molar-refractivity contribution >= 4 is 30.8 Å². The van der Waals surface area contributed by atoms with Crippen molar-refractivity contribution in [1.29, 1.82) is 0 Å². The van der Waals surface area contributed by atoms with E-state index < -0.39 is 7.82 Å². The van der Waals surface area contributed by atoms with Gasteiger partial charge in [-0.05, 0) is 36.5 Å². The van der Waals surface area contributed by atoms with Crippen LogP contribution in [0, 0.1) is 0 Å². The first kappa shape index (κ1) is 15.9. The molecule has 0 radical (unpaired) electrons. The first-order chi connectivity index (χ1) is 6.87. The van der Waals surface area contributed by atoms with Gasteiger partial charge in [0.05, 0.1) is 0 Å². The zero-order chi connectivity index (χ0) is 11.5. The van der Waals surface area contributed by atoms with Gasteiger partial charge in [0.2, 0.25) is 0 Å². The van der Waals surface area contributed by atoms with E-state index in [2.05, 4.69) is 22.1 Å². The Balaban J connectivity index is 0. The molecule has 0 unspecified atom stereocenters. The second kappa shape index (κ2) is 6.56. The average molecular weight is 272 g/mol. The Morgan fingerprint density at radius 1 is 1.44 bits per heavy atom. The summed E-state index contributed by atoms with van der Waals surface area (Å²) in [6, 6.07) is 5.84. The van der Waals surface area contributed by atoms with E-state index in [1.165, 1.54) is 24.3 Å². The normalized spacial score (nSPS) is 10.1. The van der Waals surface area contributed by atoms with Crippen molar-refractivity contribution in [2.45, 2.75) is 0 Å². The van der Waals surface area contributed by atoms with Crippen molar-refractivity contribution in [3.8, 4) is 5.75 Å². The fraction of sp³-hybridized carbons (Fsp3) is 0. The number of benzene rings is 1. The first-order valence-corrected chi connectivity index (χ1v) is 5.72. The molecule has 0 saturated carbocycles. The van der Waals surface area contributed by atoms with Crippen LogP contribution in [0.4, 0.5) is 5.69 Å². The van der Waals surface area contributed by atoms with Gasteiger partial charge in [0.25, 0.3) is 0 Å². The smallest absolute Gasteiger partial charge is 1.00 e. The number of hydrogen-bond donors (Lipinski definition) is 4. The third-order valence-electron chi connectivity index (χ3n) is 1.35. The van der Waals surface area contributed by atoms with Crippen molar-refractivity contribution in [3.63, 3.8) is 0 Å². The average Bonchev–Trinajstić information content (AvgIpc) is 2.05. The summed E-state index contributed by atoms with van der Waals surface area (Å²) in [6.07, 6.45) is 0. The maximum atomic E-state index is 10.5. The van der Waals surface area contributed by atoms with Crippen LogP contribution in [0.25, 0.3) is 0 Å². The molecule has 5 N–H and O–H groups in total. The fourth-order valence-corrected chi connectivity index (χ4v) is 1.39. The molecule has 0 saturated heterocycles. The molecule has 0 aliphatic carbocycles. The van der Waals surface area contributed by atoms with Crippen LogP contribution in [0.2, 0.25) is 0 Å². The number of rotatable bonds is 3. The van der Waals surface area contributed by atoms with Gasteiger partial charge in [0.1, 0.15) is 5.75 Å². The van der Waals surface area contributed by atoms with Crippen LogP contribution in [0.5, 0.6) is 5.75 Å². The SMILES string of the molecule is NC(=S)Nc1ccc(OP(=O)(O)O)cc1.[H-].[Na+]. The van der Waals surface area contributed by atoms with Crippen LogP contribution in [0.1, 0.15) is 1.43 Å². The predicted molar refractivity (Wildman–Crippen MR) is 60.6 cm³/mol. The molecule has 6 nitrogen and oxygen atoms in total.